The van der Waals surface area contributed by atoms with Crippen molar-refractivity contribution in [3.8, 4) is 11.5 Å². The van der Waals surface area contributed by atoms with Crippen LogP contribution in [0.1, 0.15) is 47.8 Å². The molecule has 4 atom stereocenters. The number of fused-ring (bicyclic) bond motifs is 4. The number of aromatic amines is 1. The maximum Gasteiger partial charge on any atom is 0.191 e. The summed E-state index contributed by atoms with van der Waals surface area (Å²) >= 11 is 0. The van der Waals surface area contributed by atoms with Gasteiger partial charge in [0, 0.05) is 35.5 Å². The number of guanidine groups is 1. The molecule has 0 radical (unpaired) electrons. The minimum absolute atomic E-state index is 0. The van der Waals surface area contributed by atoms with Gasteiger partial charge in [0.15, 0.2) is 23.6 Å². The minimum atomic E-state index is -0.989. The molecule has 196 valence electrons. The van der Waals surface area contributed by atoms with Crippen molar-refractivity contribution in [3.63, 3.8) is 0 Å². The minimum Gasteiger partial charge on any atom is -0.504 e. The lowest BCUT2D eigenvalue weighted by atomic mass is 9.49. The van der Waals surface area contributed by atoms with Gasteiger partial charge < -0.3 is 31.4 Å². The second-order valence-electron chi connectivity index (χ2n) is 11.2. The van der Waals surface area contributed by atoms with Crippen LogP contribution in [0.25, 0.3) is 10.9 Å². The van der Waals surface area contributed by atoms with E-state index in [0.29, 0.717) is 17.9 Å². The second-order valence-corrected chi connectivity index (χ2v) is 11.2. The number of piperidine rings is 1. The van der Waals surface area contributed by atoms with Gasteiger partial charge in [0.2, 0.25) is 0 Å². The van der Waals surface area contributed by atoms with E-state index < -0.39 is 11.0 Å². The van der Waals surface area contributed by atoms with E-state index in [4.69, 9.17) is 16.2 Å². The Hall–Kier alpha value is -2.65. The van der Waals surface area contributed by atoms with Gasteiger partial charge in [0.25, 0.3) is 0 Å². The molecule has 7 N–H and O–H groups in total. The predicted molar refractivity (Wildman–Crippen MR) is 146 cm³/mol. The molecule has 1 aromatic heterocycles. The number of phenolic OH excluding ortho intramolecular Hbond substituents is 1. The molecule has 1 saturated heterocycles. The molecule has 0 amide bonds. The molecule has 3 aliphatic carbocycles. The molecule has 8 nitrogen and oxygen atoms in total. The van der Waals surface area contributed by atoms with E-state index in [0.717, 1.165) is 59.6 Å². The predicted octanol–water partition coefficient (Wildman–Crippen LogP) is 3.32. The van der Waals surface area contributed by atoms with Crippen molar-refractivity contribution in [1.29, 1.82) is 0 Å². The Balaban J connectivity index is 0.00000126. The van der Waals surface area contributed by atoms with E-state index in [1.54, 1.807) is 6.07 Å². The molecule has 5 aliphatic rings. The van der Waals surface area contributed by atoms with Crippen LogP contribution < -0.4 is 16.2 Å². The molecule has 2 bridgehead atoms. The van der Waals surface area contributed by atoms with Gasteiger partial charge in [-0.05, 0) is 67.5 Å². The number of aliphatic hydroxyl groups is 1. The monoisotopic (exact) mass is 543 g/mol. The molecule has 2 aliphatic heterocycles. The highest BCUT2D eigenvalue weighted by molar-refractivity contribution is 5.90. The number of halogens is 2. The highest BCUT2D eigenvalue weighted by Crippen LogP contribution is 2.69. The van der Waals surface area contributed by atoms with Crippen LogP contribution in [0.4, 0.5) is 5.69 Å². The van der Waals surface area contributed by atoms with Crippen LogP contribution in [0, 0.1) is 5.92 Å². The lowest BCUT2D eigenvalue weighted by Crippen LogP contribution is -2.74. The molecule has 1 spiro atoms. The highest BCUT2D eigenvalue weighted by atomic mass is 35.5. The molecular weight excluding hydrogens is 513 g/mol. The van der Waals surface area contributed by atoms with Crippen molar-refractivity contribution < 1.29 is 14.9 Å². The Morgan fingerprint density at radius 1 is 1.19 bits per heavy atom. The van der Waals surface area contributed by atoms with Crippen LogP contribution in [0.15, 0.2) is 35.3 Å². The summed E-state index contributed by atoms with van der Waals surface area (Å²) in [5, 5.41) is 24.7. The fourth-order valence-electron chi connectivity index (χ4n) is 7.84. The summed E-state index contributed by atoms with van der Waals surface area (Å²) in [7, 11) is 0. The quantitative estimate of drug-likeness (QED) is 0.254. The number of hydrogen-bond acceptors (Lipinski definition) is 5. The van der Waals surface area contributed by atoms with Gasteiger partial charge in [0.05, 0.1) is 22.4 Å². The second kappa shape index (κ2) is 7.93. The summed E-state index contributed by atoms with van der Waals surface area (Å²) in [6.45, 7) is 1.99. The first-order valence-corrected chi connectivity index (χ1v) is 12.6. The Bertz CT molecular complexity index is 1470. The fraction of sp³-hybridized carbons (Fsp3) is 0.444. The summed E-state index contributed by atoms with van der Waals surface area (Å²) in [6, 6.07) is 9.68. The lowest BCUT2D eigenvalue weighted by Gasteiger charge is -2.62. The maximum atomic E-state index is 12.8. The molecule has 37 heavy (non-hydrogen) atoms. The number of aromatic nitrogens is 1. The Morgan fingerprint density at radius 3 is 2.76 bits per heavy atom. The molecule has 3 heterocycles. The number of aliphatic imine (C=N–C) groups is 1. The van der Waals surface area contributed by atoms with Crippen LogP contribution >= 0.6 is 24.8 Å². The number of nitrogens with zero attached hydrogens (tertiary/aromatic N) is 2. The fourth-order valence-corrected chi connectivity index (χ4v) is 7.84. The van der Waals surface area contributed by atoms with Crippen molar-refractivity contribution in [2.45, 2.75) is 55.3 Å². The SMILES string of the molecule is Cl.Cl.NC(N)=Nc1ccc2c3c([nH]c2c1)C1Oc2c(O)ccc4c2C12CCN(CC1CC1)C(C4)C2(O)C3. The van der Waals surface area contributed by atoms with Crippen molar-refractivity contribution in [1.82, 2.24) is 9.88 Å². The molecule has 2 fully saturated rings. The van der Waals surface area contributed by atoms with Crippen LogP contribution in [0.5, 0.6) is 11.5 Å². The molecule has 2 aromatic carbocycles. The number of likely N-dealkylation sites (tertiary alicyclic amines) is 1. The lowest BCUT2D eigenvalue weighted by molar-refractivity contribution is -0.173. The summed E-state index contributed by atoms with van der Waals surface area (Å²) in [4.78, 5) is 10.4. The zero-order valence-electron chi connectivity index (χ0n) is 20.2. The smallest absolute Gasteiger partial charge is 0.191 e. The summed E-state index contributed by atoms with van der Waals surface area (Å²) in [5.74, 6) is 1.47. The van der Waals surface area contributed by atoms with Gasteiger partial charge in [0.1, 0.15) is 0 Å². The topological polar surface area (TPSA) is 133 Å². The number of rotatable bonds is 3. The maximum absolute atomic E-state index is 12.8. The third-order valence-corrected chi connectivity index (χ3v) is 9.40. The number of ether oxygens (including phenoxy) is 1. The zero-order chi connectivity index (χ0) is 23.7. The molecule has 8 rings (SSSR count). The van der Waals surface area contributed by atoms with E-state index in [9.17, 15) is 10.2 Å². The number of hydrogen-bond donors (Lipinski definition) is 5. The van der Waals surface area contributed by atoms with Crippen LogP contribution in [0.2, 0.25) is 0 Å². The van der Waals surface area contributed by atoms with E-state index in [-0.39, 0.29) is 48.7 Å². The van der Waals surface area contributed by atoms with Crippen LogP contribution in [0.3, 0.4) is 0 Å². The third-order valence-electron chi connectivity index (χ3n) is 9.40. The molecular formula is C27H31Cl2N5O3. The first-order chi connectivity index (χ1) is 16.9. The first kappa shape index (κ1) is 24.7. The average molecular weight is 544 g/mol. The normalized spacial score (nSPS) is 30.4. The summed E-state index contributed by atoms with van der Waals surface area (Å²) in [6.07, 6.45) is 4.31. The molecule has 10 heteroatoms. The van der Waals surface area contributed by atoms with Crippen molar-refractivity contribution in [2.75, 3.05) is 13.1 Å². The number of nitrogens with one attached hydrogen (secondary N) is 1. The van der Waals surface area contributed by atoms with E-state index in [2.05, 4.69) is 14.9 Å². The summed E-state index contributed by atoms with van der Waals surface area (Å²) in [5.41, 5.74) is 15.5. The van der Waals surface area contributed by atoms with Crippen LogP contribution in [-0.2, 0) is 18.3 Å². The van der Waals surface area contributed by atoms with E-state index in [1.165, 1.54) is 18.4 Å². The molecule has 3 aromatic rings. The first-order valence-electron chi connectivity index (χ1n) is 12.6. The van der Waals surface area contributed by atoms with E-state index >= 15 is 0 Å². The zero-order valence-corrected chi connectivity index (χ0v) is 21.9. The standard InChI is InChI=1S/C27H29N5O3.2ClH/c28-25(29)30-15-4-5-16-17-11-27(34)20-9-14-3-6-19(33)23-21(14)26(27,7-8-32(20)12-13-1-2-13)24(35-23)22(17)31-18(16)10-15;;/h3-6,10,13,20,24,31,33-34H,1-2,7-9,11-12H2,(H4,28,29,30);2*1H. The Morgan fingerprint density at radius 2 is 2.00 bits per heavy atom. The molecule has 4 unspecified atom stereocenters. The van der Waals surface area contributed by atoms with E-state index in [1.807, 2.05) is 24.3 Å². The van der Waals surface area contributed by atoms with Gasteiger partial charge in [-0.15, -0.1) is 24.8 Å². The number of phenols is 1. The van der Waals surface area contributed by atoms with Gasteiger partial charge in [-0.1, -0.05) is 12.1 Å². The van der Waals surface area contributed by atoms with Crippen LogP contribution in [-0.4, -0.2) is 50.8 Å². The van der Waals surface area contributed by atoms with Gasteiger partial charge in [-0.2, -0.15) is 0 Å². The van der Waals surface area contributed by atoms with Crippen molar-refractivity contribution >= 4 is 47.4 Å². The van der Waals surface area contributed by atoms with Gasteiger partial charge in [-0.3, -0.25) is 4.90 Å². The molecule has 1 saturated carbocycles. The number of nitrogens with two attached hydrogens (primary N) is 2. The van der Waals surface area contributed by atoms with Crippen molar-refractivity contribution in [2.24, 2.45) is 22.4 Å². The van der Waals surface area contributed by atoms with Crippen molar-refractivity contribution in [3.05, 3.63) is 52.7 Å². The number of aromatic hydroxyl groups is 1. The summed E-state index contributed by atoms with van der Waals surface area (Å²) < 4.78 is 6.63. The van der Waals surface area contributed by atoms with Gasteiger partial charge in [-0.25, -0.2) is 4.99 Å². The highest BCUT2D eigenvalue weighted by Gasteiger charge is 2.72. The largest absolute Gasteiger partial charge is 0.504 e. The Kier molecular flexibility index (Phi) is 5.29. The average Bonchev–Trinajstić information content (AvgIpc) is 3.45. The number of benzene rings is 2. The Labute approximate surface area is 226 Å². The number of H-pyrrole nitrogens is 1. The van der Waals surface area contributed by atoms with Gasteiger partial charge >= 0.3 is 0 Å². The third kappa shape index (κ3) is 3.01.